The van der Waals surface area contributed by atoms with Gasteiger partial charge in [0.15, 0.2) is 0 Å². The molecule has 2 rings (SSSR count). The van der Waals surface area contributed by atoms with Gasteiger partial charge in [0, 0.05) is 13.5 Å². The van der Waals surface area contributed by atoms with Crippen LogP contribution >= 0.6 is 11.3 Å². The first-order chi connectivity index (χ1) is 6.81. The molecule has 2 heterocycles. The number of nitrogens with one attached hydrogen (secondary N) is 1. The molecule has 0 unspecified atom stereocenters. The fourth-order valence-corrected chi connectivity index (χ4v) is 2.01. The summed E-state index contributed by atoms with van der Waals surface area (Å²) in [5, 5.41) is 2.53. The molecule has 0 aliphatic heterocycles. The number of aromatic amines is 1. The Labute approximate surface area is 84.6 Å². The molecule has 0 atom stereocenters. The van der Waals surface area contributed by atoms with Gasteiger partial charge in [0.05, 0.1) is 12.0 Å². The van der Waals surface area contributed by atoms with Crippen LogP contribution in [0.3, 0.4) is 0 Å². The highest BCUT2D eigenvalue weighted by molar-refractivity contribution is 7.16. The quantitative estimate of drug-likeness (QED) is 0.827. The van der Waals surface area contributed by atoms with Crippen molar-refractivity contribution in [2.45, 2.75) is 6.42 Å². The predicted molar refractivity (Wildman–Crippen MR) is 55.8 cm³/mol. The van der Waals surface area contributed by atoms with E-state index in [0.29, 0.717) is 24.2 Å². The monoisotopic (exact) mass is 210 g/mol. The number of ether oxygens (including phenoxy) is 1. The Balaban J connectivity index is 2.43. The normalized spacial score (nSPS) is 10.9. The van der Waals surface area contributed by atoms with E-state index in [1.165, 1.54) is 11.3 Å². The molecule has 74 valence electrons. The van der Waals surface area contributed by atoms with Gasteiger partial charge in [-0.1, -0.05) is 0 Å². The number of methoxy groups -OCH3 is 1. The van der Waals surface area contributed by atoms with Crippen molar-refractivity contribution < 1.29 is 4.74 Å². The van der Waals surface area contributed by atoms with Crippen LogP contribution in [0.4, 0.5) is 0 Å². The summed E-state index contributed by atoms with van der Waals surface area (Å²) < 4.78 is 4.92. The van der Waals surface area contributed by atoms with Crippen LogP contribution in [0.25, 0.3) is 10.2 Å². The molecule has 2 aromatic heterocycles. The number of thiophene rings is 1. The standard InChI is InChI=1S/C9H10N2O2S/c1-13-4-2-7-10-8(12)6-3-5-14-9(6)11-7/h3,5H,2,4H2,1H3,(H,10,11,12). The van der Waals surface area contributed by atoms with E-state index in [1.54, 1.807) is 13.2 Å². The third kappa shape index (κ3) is 1.69. The van der Waals surface area contributed by atoms with Crippen molar-refractivity contribution in [2.24, 2.45) is 0 Å². The summed E-state index contributed by atoms with van der Waals surface area (Å²) in [6.45, 7) is 0.569. The van der Waals surface area contributed by atoms with Crippen LogP contribution in [0.15, 0.2) is 16.2 Å². The van der Waals surface area contributed by atoms with Crippen LogP contribution in [-0.2, 0) is 11.2 Å². The van der Waals surface area contributed by atoms with Gasteiger partial charge in [-0.2, -0.15) is 0 Å². The van der Waals surface area contributed by atoms with Gasteiger partial charge in [0.2, 0.25) is 0 Å². The van der Waals surface area contributed by atoms with Crippen LogP contribution in [0.2, 0.25) is 0 Å². The van der Waals surface area contributed by atoms with Crippen LogP contribution in [0.1, 0.15) is 5.82 Å². The summed E-state index contributed by atoms with van der Waals surface area (Å²) in [6, 6.07) is 1.78. The van der Waals surface area contributed by atoms with E-state index >= 15 is 0 Å². The number of nitrogens with zero attached hydrogens (tertiary/aromatic N) is 1. The lowest BCUT2D eigenvalue weighted by Crippen LogP contribution is -2.12. The van der Waals surface area contributed by atoms with E-state index in [9.17, 15) is 4.79 Å². The number of rotatable bonds is 3. The molecule has 0 radical (unpaired) electrons. The smallest absolute Gasteiger partial charge is 0.259 e. The third-order valence-corrected chi connectivity index (χ3v) is 2.73. The Hall–Kier alpha value is -1.20. The Morgan fingerprint density at radius 1 is 1.64 bits per heavy atom. The van der Waals surface area contributed by atoms with Crippen molar-refractivity contribution in [2.75, 3.05) is 13.7 Å². The Morgan fingerprint density at radius 3 is 3.29 bits per heavy atom. The van der Waals surface area contributed by atoms with Gasteiger partial charge in [-0.05, 0) is 11.4 Å². The Bertz CT molecular complexity index is 489. The molecule has 0 aliphatic rings. The van der Waals surface area contributed by atoms with Crippen molar-refractivity contribution in [3.8, 4) is 0 Å². The van der Waals surface area contributed by atoms with Gasteiger partial charge in [-0.3, -0.25) is 4.79 Å². The minimum Gasteiger partial charge on any atom is -0.384 e. The maximum Gasteiger partial charge on any atom is 0.259 e. The topological polar surface area (TPSA) is 55.0 Å². The van der Waals surface area contributed by atoms with Gasteiger partial charge in [0.1, 0.15) is 10.7 Å². The van der Waals surface area contributed by atoms with Gasteiger partial charge < -0.3 is 9.72 Å². The van der Waals surface area contributed by atoms with Crippen molar-refractivity contribution in [1.82, 2.24) is 9.97 Å². The summed E-state index contributed by atoms with van der Waals surface area (Å²) in [5.41, 5.74) is -0.0673. The van der Waals surface area contributed by atoms with Crippen LogP contribution in [0, 0.1) is 0 Å². The van der Waals surface area contributed by atoms with E-state index in [2.05, 4.69) is 9.97 Å². The van der Waals surface area contributed by atoms with Gasteiger partial charge >= 0.3 is 0 Å². The van der Waals surface area contributed by atoms with Gasteiger partial charge in [-0.25, -0.2) is 4.98 Å². The molecule has 14 heavy (non-hydrogen) atoms. The molecule has 4 nitrogen and oxygen atoms in total. The summed E-state index contributed by atoms with van der Waals surface area (Å²) in [7, 11) is 1.63. The lowest BCUT2D eigenvalue weighted by molar-refractivity contribution is 0.200. The molecule has 0 saturated heterocycles. The molecule has 1 N–H and O–H groups in total. The second kappa shape index (κ2) is 3.89. The number of hydrogen-bond donors (Lipinski definition) is 1. The number of H-pyrrole nitrogens is 1. The van der Waals surface area contributed by atoms with E-state index in [4.69, 9.17) is 4.74 Å². The van der Waals surface area contributed by atoms with Crippen molar-refractivity contribution in [3.63, 3.8) is 0 Å². The van der Waals surface area contributed by atoms with Crippen molar-refractivity contribution >= 4 is 21.6 Å². The zero-order valence-corrected chi connectivity index (χ0v) is 8.56. The van der Waals surface area contributed by atoms with Crippen LogP contribution in [0.5, 0.6) is 0 Å². The molecular weight excluding hydrogens is 200 g/mol. The van der Waals surface area contributed by atoms with E-state index in [0.717, 1.165) is 4.83 Å². The van der Waals surface area contributed by atoms with Gasteiger partial charge in [0.25, 0.3) is 5.56 Å². The van der Waals surface area contributed by atoms with Crippen molar-refractivity contribution in [3.05, 3.63) is 27.6 Å². The number of fused-ring (bicyclic) bond motifs is 1. The maximum atomic E-state index is 11.5. The fourth-order valence-electron chi connectivity index (χ4n) is 1.23. The molecule has 0 bridgehead atoms. The summed E-state index contributed by atoms with van der Waals surface area (Å²) in [5.74, 6) is 0.687. The highest BCUT2D eigenvalue weighted by atomic mass is 32.1. The molecule has 0 spiro atoms. The average Bonchev–Trinajstić information content (AvgIpc) is 2.63. The minimum absolute atomic E-state index is 0.0673. The van der Waals surface area contributed by atoms with E-state index in [-0.39, 0.29) is 5.56 Å². The lowest BCUT2D eigenvalue weighted by Gasteiger charge is -1.98. The molecule has 5 heteroatoms. The van der Waals surface area contributed by atoms with E-state index in [1.807, 2.05) is 5.38 Å². The molecular formula is C9H10N2O2S. The lowest BCUT2D eigenvalue weighted by atomic mass is 10.4. The minimum atomic E-state index is -0.0673. The molecule has 0 saturated carbocycles. The van der Waals surface area contributed by atoms with Gasteiger partial charge in [-0.15, -0.1) is 11.3 Å². The molecule has 0 aromatic carbocycles. The highest BCUT2D eigenvalue weighted by Gasteiger charge is 2.03. The molecule has 2 aromatic rings. The largest absolute Gasteiger partial charge is 0.384 e. The van der Waals surface area contributed by atoms with E-state index < -0.39 is 0 Å². The zero-order chi connectivity index (χ0) is 9.97. The number of hydrogen-bond acceptors (Lipinski definition) is 4. The fraction of sp³-hybridized carbons (Fsp3) is 0.333. The number of aromatic nitrogens is 2. The highest BCUT2D eigenvalue weighted by Crippen LogP contribution is 2.13. The predicted octanol–water partition coefficient (Wildman–Crippen LogP) is 1.17. The van der Waals surface area contributed by atoms with Crippen LogP contribution in [-0.4, -0.2) is 23.7 Å². The first-order valence-electron chi connectivity index (χ1n) is 4.26. The molecule has 0 amide bonds. The SMILES string of the molecule is COCCc1nc2sccc2c(=O)[nH]1. The first-order valence-corrected chi connectivity index (χ1v) is 5.14. The Morgan fingerprint density at radius 2 is 2.50 bits per heavy atom. The van der Waals surface area contributed by atoms with Crippen molar-refractivity contribution in [1.29, 1.82) is 0 Å². The summed E-state index contributed by atoms with van der Waals surface area (Å²) >= 11 is 1.48. The Kier molecular flexibility index (Phi) is 2.60. The summed E-state index contributed by atoms with van der Waals surface area (Å²) in [4.78, 5) is 19.3. The zero-order valence-electron chi connectivity index (χ0n) is 7.74. The maximum absolute atomic E-state index is 11.5. The van der Waals surface area contributed by atoms with Crippen LogP contribution < -0.4 is 5.56 Å². The molecule has 0 fully saturated rings. The first kappa shape index (κ1) is 9.36. The third-order valence-electron chi connectivity index (χ3n) is 1.93. The molecule has 0 aliphatic carbocycles. The summed E-state index contributed by atoms with van der Waals surface area (Å²) in [6.07, 6.45) is 0.638. The average molecular weight is 210 g/mol. The second-order valence-corrected chi connectivity index (χ2v) is 3.79. The second-order valence-electron chi connectivity index (χ2n) is 2.89.